The van der Waals surface area contributed by atoms with E-state index in [1.165, 1.54) is 11.3 Å². The second-order valence-corrected chi connectivity index (χ2v) is 5.81. The van der Waals surface area contributed by atoms with Gasteiger partial charge in [0.15, 0.2) is 5.82 Å². The molecule has 1 amide bonds. The van der Waals surface area contributed by atoms with E-state index in [0.717, 1.165) is 4.47 Å². The van der Waals surface area contributed by atoms with Crippen LogP contribution in [0.2, 0.25) is 0 Å². The van der Waals surface area contributed by atoms with Crippen molar-refractivity contribution in [3.8, 4) is 0 Å². The minimum Gasteiger partial charge on any atom is -0.340 e. The Morgan fingerprint density at radius 2 is 2.44 bits per heavy atom. The van der Waals surface area contributed by atoms with Crippen molar-refractivity contribution in [3.05, 3.63) is 26.6 Å². The molecule has 0 aliphatic heterocycles. The minimum absolute atomic E-state index is 0.000967. The summed E-state index contributed by atoms with van der Waals surface area (Å²) in [5.41, 5.74) is 0. The molecule has 2 heterocycles. The van der Waals surface area contributed by atoms with E-state index in [-0.39, 0.29) is 11.8 Å². The number of carbonyl (C=O) groups excluding carboxylic acids is 1. The molecule has 1 N–H and O–H groups in total. The molecule has 2 aromatic heterocycles. The number of tetrazole rings is 1. The number of aromatic nitrogens is 4. The van der Waals surface area contributed by atoms with Crippen LogP contribution in [-0.4, -0.2) is 45.0 Å². The number of carbonyl (C=O) groups is 1. The minimum atomic E-state index is 0.000967. The van der Waals surface area contributed by atoms with Crippen LogP contribution in [0.15, 0.2) is 15.9 Å². The van der Waals surface area contributed by atoms with Crippen molar-refractivity contribution in [2.75, 3.05) is 13.6 Å². The highest BCUT2D eigenvalue weighted by Crippen LogP contribution is 2.21. The Labute approximate surface area is 117 Å². The summed E-state index contributed by atoms with van der Waals surface area (Å²) >= 11 is 4.76. The van der Waals surface area contributed by atoms with Crippen LogP contribution in [0.1, 0.15) is 28.3 Å². The molecule has 1 unspecified atom stereocenters. The SMILES string of the molecule is CC(CN(C)C(=O)c1cc(Br)cs1)c1nn[nH]n1. The number of likely N-dealkylation sites (N-methyl/N-ethyl adjacent to an activating group) is 1. The van der Waals surface area contributed by atoms with Gasteiger partial charge in [-0.25, -0.2) is 0 Å². The lowest BCUT2D eigenvalue weighted by Crippen LogP contribution is -2.30. The molecular weight excluding hydrogens is 318 g/mol. The van der Waals surface area contributed by atoms with Gasteiger partial charge >= 0.3 is 0 Å². The van der Waals surface area contributed by atoms with Crippen LogP contribution in [0.25, 0.3) is 0 Å². The van der Waals surface area contributed by atoms with Crippen molar-refractivity contribution in [1.82, 2.24) is 25.5 Å². The van der Waals surface area contributed by atoms with Crippen LogP contribution in [0.5, 0.6) is 0 Å². The fraction of sp³-hybridized carbons (Fsp3) is 0.400. The van der Waals surface area contributed by atoms with Crippen LogP contribution >= 0.6 is 27.3 Å². The number of nitrogens with one attached hydrogen (secondary N) is 1. The van der Waals surface area contributed by atoms with Gasteiger partial charge in [0.1, 0.15) is 0 Å². The molecule has 18 heavy (non-hydrogen) atoms. The maximum Gasteiger partial charge on any atom is 0.263 e. The van der Waals surface area contributed by atoms with Gasteiger partial charge in [-0.1, -0.05) is 12.1 Å². The number of hydrogen-bond acceptors (Lipinski definition) is 5. The Morgan fingerprint density at radius 1 is 1.67 bits per heavy atom. The highest BCUT2D eigenvalue weighted by atomic mass is 79.9. The summed E-state index contributed by atoms with van der Waals surface area (Å²) in [5, 5.41) is 15.6. The van der Waals surface area contributed by atoms with Gasteiger partial charge in [0.25, 0.3) is 5.91 Å². The highest BCUT2D eigenvalue weighted by Gasteiger charge is 2.18. The molecule has 1 atom stereocenters. The Balaban J connectivity index is 1.99. The van der Waals surface area contributed by atoms with Gasteiger partial charge in [-0.15, -0.1) is 21.5 Å². The summed E-state index contributed by atoms with van der Waals surface area (Å²) in [4.78, 5) is 14.5. The number of thiophene rings is 1. The van der Waals surface area contributed by atoms with E-state index in [4.69, 9.17) is 0 Å². The number of aromatic amines is 1. The molecule has 8 heteroatoms. The van der Waals surface area contributed by atoms with Gasteiger partial charge in [0, 0.05) is 29.4 Å². The molecule has 6 nitrogen and oxygen atoms in total. The first-order chi connectivity index (χ1) is 8.58. The van der Waals surface area contributed by atoms with Crippen LogP contribution in [0.3, 0.4) is 0 Å². The number of H-pyrrole nitrogens is 1. The molecule has 0 aliphatic carbocycles. The van der Waals surface area contributed by atoms with E-state index < -0.39 is 0 Å². The van der Waals surface area contributed by atoms with Crippen molar-refractivity contribution in [2.24, 2.45) is 0 Å². The standard InChI is InChI=1S/C10H12BrN5OS/c1-6(9-12-14-15-13-9)4-16(2)10(17)8-3-7(11)5-18-8/h3,5-6H,4H2,1-2H3,(H,12,13,14,15). The lowest BCUT2D eigenvalue weighted by Gasteiger charge is -2.19. The van der Waals surface area contributed by atoms with Gasteiger partial charge in [0.2, 0.25) is 0 Å². The zero-order valence-corrected chi connectivity index (χ0v) is 12.3. The summed E-state index contributed by atoms with van der Waals surface area (Å²) < 4.78 is 0.926. The van der Waals surface area contributed by atoms with Gasteiger partial charge in [-0.3, -0.25) is 4.79 Å². The molecule has 0 spiro atoms. The average Bonchev–Trinajstić information content (AvgIpc) is 2.98. The van der Waals surface area contributed by atoms with E-state index in [2.05, 4.69) is 36.6 Å². The summed E-state index contributed by atoms with van der Waals surface area (Å²) in [6.07, 6.45) is 0. The molecule has 0 radical (unpaired) electrons. The summed E-state index contributed by atoms with van der Waals surface area (Å²) in [5.74, 6) is 0.657. The smallest absolute Gasteiger partial charge is 0.263 e. The van der Waals surface area contributed by atoms with Gasteiger partial charge in [-0.2, -0.15) is 5.21 Å². The third kappa shape index (κ3) is 2.94. The zero-order valence-electron chi connectivity index (χ0n) is 9.92. The largest absolute Gasteiger partial charge is 0.340 e. The normalized spacial score (nSPS) is 12.4. The molecule has 0 bridgehead atoms. The van der Waals surface area contributed by atoms with E-state index >= 15 is 0 Å². The van der Waals surface area contributed by atoms with Gasteiger partial charge in [-0.05, 0) is 22.0 Å². The maximum atomic E-state index is 12.1. The first-order valence-electron chi connectivity index (χ1n) is 5.30. The van der Waals surface area contributed by atoms with Crippen molar-refractivity contribution >= 4 is 33.2 Å². The van der Waals surface area contributed by atoms with E-state index in [9.17, 15) is 4.79 Å². The molecular formula is C10H12BrN5OS. The molecule has 0 fully saturated rings. The van der Waals surface area contributed by atoms with Gasteiger partial charge < -0.3 is 4.90 Å². The Bertz CT molecular complexity index is 526. The number of rotatable bonds is 4. The van der Waals surface area contributed by atoms with E-state index in [1.54, 1.807) is 11.9 Å². The van der Waals surface area contributed by atoms with Crippen molar-refractivity contribution in [3.63, 3.8) is 0 Å². The van der Waals surface area contributed by atoms with Crippen molar-refractivity contribution < 1.29 is 4.79 Å². The fourth-order valence-corrected chi connectivity index (χ4v) is 2.99. The predicted molar refractivity (Wildman–Crippen MR) is 71.6 cm³/mol. The van der Waals surface area contributed by atoms with Crippen LogP contribution in [0.4, 0.5) is 0 Å². The van der Waals surface area contributed by atoms with Crippen LogP contribution < -0.4 is 0 Å². The van der Waals surface area contributed by atoms with E-state index in [1.807, 2.05) is 18.4 Å². The Kier molecular flexibility index (Phi) is 4.07. The zero-order chi connectivity index (χ0) is 13.1. The van der Waals surface area contributed by atoms with Gasteiger partial charge in [0.05, 0.1) is 4.88 Å². The summed E-state index contributed by atoms with van der Waals surface area (Å²) in [7, 11) is 1.77. The second kappa shape index (κ2) is 5.57. The predicted octanol–water partition coefficient (Wildman–Crippen LogP) is 1.90. The first kappa shape index (κ1) is 13.2. The maximum absolute atomic E-state index is 12.1. The van der Waals surface area contributed by atoms with E-state index in [0.29, 0.717) is 17.2 Å². The Morgan fingerprint density at radius 3 is 3.00 bits per heavy atom. The highest BCUT2D eigenvalue weighted by molar-refractivity contribution is 9.10. The van der Waals surface area contributed by atoms with Crippen molar-refractivity contribution in [1.29, 1.82) is 0 Å². The molecule has 96 valence electrons. The summed E-state index contributed by atoms with van der Waals surface area (Å²) in [6.45, 7) is 2.51. The lowest BCUT2D eigenvalue weighted by atomic mass is 10.1. The lowest BCUT2D eigenvalue weighted by molar-refractivity contribution is 0.0792. The number of amides is 1. The quantitative estimate of drug-likeness (QED) is 0.929. The third-order valence-corrected chi connectivity index (χ3v) is 4.15. The second-order valence-electron chi connectivity index (χ2n) is 3.99. The summed E-state index contributed by atoms with van der Waals surface area (Å²) in [6, 6.07) is 1.82. The molecule has 0 saturated heterocycles. The number of hydrogen-bond donors (Lipinski definition) is 1. The molecule has 0 aliphatic rings. The number of halogens is 1. The van der Waals surface area contributed by atoms with Crippen molar-refractivity contribution in [2.45, 2.75) is 12.8 Å². The Hall–Kier alpha value is -1.28. The monoisotopic (exact) mass is 329 g/mol. The third-order valence-electron chi connectivity index (χ3n) is 2.48. The first-order valence-corrected chi connectivity index (χ1v) is 6.98. The van der Waals surface area contributed by atoms with Crippen LogP contribution in [0, 0.1) is 0 Å². The molecule has 0 aromatic carbocycles. The molecule has 2 rings (SSSR count). The van der Waals surface area contributed by atoms with Crippen LogP contribution in [-0.2, 0) is 0 Å². The number of nitrogens with zero attached hydrogens (tertiary/aromatic N) is 4. The average molecular weight is 330 g/mol. The molecule has 0 saturated carbocycles. The molecule has 2 aromatic rings. The topological polar surface area (TPSA) is 74.8 Å². The fourth-order valence-electron chi connectivity index (χ4n) is 1.57.